The third-order valence-corrected chi connectivity index (χ3v) is 6.39. The Morgan fingerprint density at radius 2 is 1.94 bits per heavy atom. The van der Waals surface area contributed by atoms with Crippen molar-refractivity contribution in [2.75, 3.05) is 25.2 Å². The van der Waals surface area contributed by atoms with E-state index >= 15 is 0 Å². The highest BCUT2D eigenvalue weighted by atomic mass is 35.5. The van der Waals surface area contributed by atoms with Gasteiger partial charge in [0.25, 0.3) is 0 Å². The van der Waals surface area contributed by atoms with Crippen LogP contribution in [0.5, 0.6) is 5.75 Å². The van der Waals surface area contributed by atoms with Crippen molar-refractivity contribution in [3.05, 3.63) is 58.1 Å². The standard InChI is InChI=1S/C23H21ClF3NO4/c1-31-21(29)15-4-7-20-19(11-15)28(22(30)23(25,26)27)9-8-13-2-3-14-10-16(24)5-6-17(14)18(13)12-32-20/h4-7,10-11,13,18H,2-3,8-9,12H2,1H3. The molecule has 1 aliphatic carbocycles. The van der Waals surface area contributed by atoms with E-state index in [1.54, 1.807) is 6.07 Å². The van der Waals surface area contributed by atoms with Crippen LogP contribution >= 0.6 is 11.6 Å². The van der Waals surface area contributed by atoms with Crippen molar-refractivity contribution in [2.24, 2.45) is 5.92 Å². The SMILES string of the molecule is COC(=O)c1ccc2c(c1)N(C(=O)C(F)(F)F)CCC1CCc3cc(Cl)ccc3C1CO2. The number of hydrogen-bond acceptors (Lipinski definition) is 4. The lowest BCUT2D eigenvalue weighted by Gasteiger charge is -2.33. The van der Waals surface area contributed by atoms with Gasteiger partial charge in [-0.15, -0.1) is 0 Å². The Labute approximate surface area is 188 Å². The summed E-state index contributed by atoms with van der Waals surface area (Å²) in [5, 5.41) is 0.633. The maximum absolute atomic E-state index is 13.4. The monoisotopic (exact) mass is 467 g/mol. The maximum atomic E-state index is 13.4. The number of carbonyl (C=O) groups excluding carboxylic acids is 2. The Bertz CT molecular complexity index is 1060. The summed E-state index contributed by atoms with van der Waals surface area (Å²) in [6, 6.07) is 9.68. The number of esters is 1. The van der Waals surface area contributed by atoms with Gasteiger partial charge in [0.05, 0.1) is 25.0 Å². The summed E-state index contributed by atoms with van der Waals surface area (Å²) in [5.41, 5.74) is 2.11. The van der Waals surface area contributed by atoms with Crippen LogP contribution < -0.4 is 9.64 Å². The number of hydrogen-bond donors (Lipinski definition) is 0. The lowest BCUT2D eigenvalue weighted by atomic mass is 9.74. The Balaban J connectivity index is 1.76. The van der Waals surface area contributed by atoms with Gasteiger partial charge in [-0.1, -0.05) is 17.7 Å². The van der Waals surface area contributed by atoms with Crippen LogP contribution in [-0.4, -0.2) is 38.3 Å². The molecule has 0 aromatic heterocycles. The van der Waals surface area contributed by atoms with Crippen LogP contribution in [0.4, 0.5) is 18.9 Å². The number of carbonyl (C=O) groups is 2. The lowest BCUT2D eigenvalue weighted by molar-refractivity contribution is -0.170. The van der Waals surface area contributed by atoms with Crippen LogP contribution in [-0.2, 0) is 16.0 Å². The van der Waals surface area contributed by atoms with E-state index < -0.39 is 18.1 Å². The summed E-state index contributed by atoms with van der Waals surface area (Å²) in [6.45, 7) is 0.0847. The highest BCUT2D eigenvalue weighted by Crippen LogP contribution is 2.43. The van der Waals surface area contributed by atoms with Gasteiger partial charge in [0.1, 0.15) is 5.75 Å². The fraction of sp³-hybridized carbons (Fsp3) is 0.391. The molecule has 0 saturated carbocycles. The number of alkyl halides is 3. The number of anilines is 1. The topological polar surface area (TPSA) is 55.8 Å². The quantitative estimate of drug-likeness (QED) is 0.544. The highest BCUT2D eigenvalue weighted by molar-refractivity contribution is 6.30. The molecule has 0 fully saturated rings. The molecule has 2 aromatic carbocycles. The van der Waals surface area contributed by atoms with Crippen molar-refractivity contribution < 1.29 is 32.2 Å². The van der Waals surface area contributed by atoms with Crippen molar-refractivity contribution in [2.45, 2.75) is 31.4 Å². The second kappa shape index (κ2) is 8.65. The molecule has 0 spiro atoms. The first-order valence-electron chi connectivity index (χ1n) is 10.2. The molecule has 2 unspecified atom stereocenters. The van der Waals surface area contributed by atoms with Gasteiger partial charge >= 0.3 is 18.1 Å². The molecular formula is C23H21ClF3NO4. The fourth-order valence-electron chi connectivity index (χ4n) is 4.57. The Hall–Kier alpha value is -2.74. The normalized spacial score (nSPS) is 20.5. The van der Waals surface area contributed by atoms with Crippen molar-refractivity contribution in [3.63, 3.8) is 0 Å². The molecule has 170 valence electrons. The molecule has 5 nitrogen and oxygen atoms in total. The first-order chi connectivity index (χ1) is 15.2. The zero-order valence-corrected chi connectivity index (χ0v) is 18.0. The average molecular weight is 468 g/mol. The molecule has 2 aromatic rings. The molecule has 0 bridgehead atoms. The minimum Gasteiger partial charge on any atom is -0.491 e. The predicted octanol–water partition coefficient (Wildman–Crippen LogP) is 5.15. The van der Waals surface area contributed by atoms with Crippen molar-refractivity contribution in [1.29, 1.82) is 0 Å². The third-order valence-electron chi connectivity index (χ3n) is 6.16. The van der Waals surface area contributed by atoms with Crippen LogP contribution in [0.2, 0.25) is 5.02 Å². The molecule has 1 aliphatic heterocycles. The second-order valence-electron chi connectivity index (χ2n) is 7.98. The Morgan fingerprint density at radius 1 is 1.16 bits per heavy atom. The van der Waals surface area contributed by atoms with Crippen LogP contribution in [0.3, 0.4) is 0 Å². The molecular weight excluding hydrogens is 447 g/mol. The zero-order chi connectivity index (χ0) is 23.0. The highest BCUT2D eigenvalue weighted by Gasteiger charge is 2.44. The number of fused-ring (bicyclic) bond motifs is 4. The predicted molar refractivity (Wildman–Crippen MR) is 112 cm³/mol. The number of methoxy groups -OCH3 is 1. The lowest BCUT2D eigenvalue weighted by Crippen LogP contribution is -2.42. The molecule has 0 radical (unpaired) electrons. The molecule has 4 rings (SSSR count). The summed E-state index contributed by atoms with van der Waals surface area (Å²) in [5.74, 6) is -2.62. The molecule has 9 heteroatoms. The maximum Gasteiger partial charge on any atom is 0.471 e. The Kier molecular flexibility index (Phi) is 6.07. The number of nitrogens with zero attached hydrogens (tertiary/aromatic N) is 1. The summed E-state index contributed by atoms with van der Waals surface area (Å²) < 4.78 is 50.9. The van der Waals surface area contributed by atoms with Gasteiger partial charge in [-0.3, -0.25) is 4.79 Å². The minimum absolute atomic E-state index is 0.0293. The van der Waals surface area contributed by atoms with Gasteiger partial charge in [0.2, 0.25) is 0 Å². The summed E-state index contributed by atoms with van der Waals surface area (Å²) in [4.78, 5) is 25.0. The van der Waals surface area contributed by atoms with E-state index in [4.69, 9.17) is 16.3 Å². The van der Waals surface area contributed by atoms with E-state index in [1.807, 2.05) is 12.1 Å². The van der Waals surface area contributed by atoms with Crippen molar-refractivity contribution in [3.8, 4) is 5.75 Å². The number of halogens is 4. The Morgan fingerprint density at radius 3 is 2.66 bits per heavy atom. The first-order valence-corrected chi connectivity index (χ1v) is 10.6. The van der Waals surface area contributed by atoms with Gasteiger partial charge in [-0.25, -0.2) is 4.79 Å². The summed E-state index contributed by atoms with van der Waals surface area (Å²) >= 11 is 6.13. The molecule has 2 aliphatic rings. The zero-order valence-electron chi connectivity index (χ0n) is 17.2. The van der Waals surface area contributed by atoms with Crippen LogP contribution in [0, 0.1) is 5.92 Å². The van der Waals surface area contributed by atoms with E-state index in [-0.39, 0.29) is 42.0 Å². The van der Waals surface area contributed by atoms with E-state index in [0.29, 0.717) is 16.3 Å². The number of benzene rings is 2. The molecule has 32 heavy (non-hydrogen) atoms. The third kappa shape index (κ3) is 4.28. The van der Waals surface area contributed by atoms with Crippen molar-refractivity contribution in [1.82, 2.24) is 0 Å². The molecule has 0 saturated heterocycles. The van der Waals surface area contributed by atoms with Gasteiger partial charge in [-0.05, 0) is 66.6 Å². The van der Waals surface area contributed by atoms with Crippen LogP contribution in [0.1, 0.15) is 40.2 Å². The van der Waals surface area contributed by atoms with E-state index in [1.165, 1.54) is 25.3 Å². The minimum atomic E-state index is -5.07. The summed E-state index contributed by atoms with van der Waals surface area (Å²) in [7, 11) is 1.17. The van der Waals surface area contributed by atoms with Crippen LogP contribution in [0.25, 0.3) is 0 Å². The number of rotatable bonds is 1. The number of amides is 1. The van der Waals surface area contributed by atoms with Gasteiger partial charge in [0, 0.05) is 17.5 Å². The first kappa shape index (κ1) is 22.5. The van der Waals surface area contributed by atoms with E-state index in [0.717, 1.165) is 24.0 Å². The summed E-state index contributed by atoms with van der Waals surface area (Å²) in [6.07, 6.45) is -3.20. The largest absolute Gasteiger partial charge is 0.491 e. The van der Waals surface area contributed by atoms with Gasteiger partial charge < -0.3 is 14.4 Å². The van der Waals surface area contributed by atoms with Gasteiger partial charge in [0.15, 0.2) is 0 Å². The fourth-order valence-corrected chi connectivity index (χ4v) is 4.77. The second-order valence-corrected chi connectivity index (χ2v) is 8.41. The van der Waals surface area contributed by atoms with Crippen molar-refractivity contribution >= 4 is 29.2 Å². The molecule has 1 heterocycles. The number of aryl methyl sites for hydroxylation is 1. The average Bonchev–Trinajstić information content (AvgIpc) is 2.84. The smallest absolute Gasteiger partial charge is 0.471 e. The number of ether oxygens (including phenoxy) is 2. The van der Waals surface area contributed by atoms with Crippen LogP contribution in [0.15, 0.2) is 36.4 Å². The van der Waals surface area contributed by atoms with E-state index in [2.05, 4.69) is 4.74 Å². The molecule has 0 N–H and O–H groups in total. The van der Waals surface area contributed by atoms with E-state index in [9.17, 15) is 22.8 Å². The van der Waals surface area contributed by atoms with Gasteiger partial charge in [-0.2, -0.15) is 13.2 Å². The molecule has 2 atom stereocenters. The molecule has 1 amide bonds.